The molecule has 1 heterocycles. The minimum Gasteiger partial charge on any atom is -0.466 e. The molecule has 0 fully saturated rings. The van der Waals surface area contributed by atoms with Gasteiger partial charge in [-0.05, 0) is 29.5 Å². The van der Waals surface area contributed by atoms with Gasteiger partial charge in [0.1, 0.15) is 0 Å². The molecule has 0 saturated carbocycles. The highest BCUT2D eigenvalue weighted by Crippen LogP contribution is 2.33. The first-order chi connectivity index (χ1) is 8.88. The van der Waals surface area contributed by atoms with Crippen LogP contribution < -0.4 is 0 Å². The average molecular weight is 386 g/mol. The Bertz CT molecular complexity index is 511. The van der Waals surface area contributed by atoms with Crippen molar-refractivity contribution in [1.82, 2.24) is 4.98 Å². The summed E-state index contributed by atoms with van der Waals surface area (Å²) >= 11 is 1.55. The van der Waals surface area contributed by atoms with Gasteiger partial charge in [-0.15, -0.1) is 0 Å². The normalized spacial score (nSPS) is 10.6. The number of carbonyl (C=O) groups excluding carboxylic acids is 1. The third kappa shape index (κ3) is 3.78. The summed E-state index contributed by atoms with van der Waals surface area (Å²) in [5.74, 6) is -0.596. The number of hydrogen-bond acceptors (Lipinski definition) is 5. The van der Waals surface area contributed by atoms with Gasteiger partial charge in [0.05, 0.1) is 21.5 Å². The second-order valence-corrected chi connectivity index (χ2v) is 4.45. The summed E-state index contributed by atoms with van der Waals surface area (Å²) in [5, 5.41) is 10.8. The Labute approximate surface area is 120 Å². The first-order valence-corrected chi connectivity index (χ1v) is 6.21. The van der Waals surface area contributed by atoms with Crippen molar-refractivity contribution in [2.45, 2.75) is 19.8 Å². The molecule has 0 amide bonds. The van der Waals surface area contributed by atoms with Crippen LogP contribution in [0, 0.1) is 13.7 Å². The summed E-state index contributed by atoms with van der Waals surface area (Å²) in [6.45, 7) is 1.78. The number of aromatic nitrogens is 1. The lowest BCUT2D eigenvalue weighted by atomic mass is 10.1. The van der Waals surface area contributed by atoms with Crippen molar-refractivity contribution >= 4 is 34.2 Å². The Kier molecular flexibility index (Phi) is 5.51. The summed E-state index contributed by atoms with van der Waals surface area (Å²) in [6.07, 6.45) is -2.26. The fourth-order valence-corrected chi connectivity index (χ4v) is 2.16. The van der Waals surface area contributed by atoms with Crippen LogP contribution in [0.15, 0.2) is 6.20 Å². The molecule has 1 aromatic rings. The molecule has 0 spiro atoms. The highest BCUT2D eigenvalue weighted by Gasteiger charge is 2.29. The highest BCUT2D eigenvalue weighted by atomic mass is 127. The van der Waals surface area contributed by atoms with Gasteiger partial charge in [-0.1, -0.05) is 0 Å². The van der Waals surface area contributed by atoms with Crippen molar-refractivity contribution in [1.29, 1.82) is 0 Å². The molecule has 0 aromatic carbocycles. The van der Waals surface area contributed by atoms with Gasteiger partial charge in [0.2, 0.25) is 0 Å². The van der Waals surface area contributed by atoms with Gasteiger partial charge >= 0.3 is 11.7 Å². The Hall–Kier alpha value is -1.39. The van der Waals surface area contributed by atoms with E-state index in [1.165, 1.54) is 0 Å². The second-order valence-electron chi connectivity index (χ2n) is 3.37. The lowest BCUT2D eigenvalue weighted by Gasteiger charge is -2.07. The quantitative estimate of drug-likeness (QED) is 0.336. The van der Waals surface area contributed by atoms with Crippen LogP contribution in [0.2, 0.25) is 0 Å². The van der Waals surface area contributed by atoms with Crippen molar-refractivity contribution in [3.8, 4) is 0 Å². The van der Waals surface area contributed by atoms with Crippen LogP contribution in [0.4, 0.5) is 14.5 Å². The zero-order chi connectivity index (χ0) is 14.6. The van der Waals surface area contributed by atoms with Crippen LogP contribution in [-0.2, 0) is 16.0 Å². The van der Waals surface area contributed by atoms with E-state index in [4.69, 9.17) is 4.74 Å². The standard InChI is InChI=1S/C10H9F2IN2O4/c1-2-19-6(16)3-5-4-14-8(10(11)12)9(7(5)13)15(17)18/h4,10H,2-3H2,1H3. The van der Waals surface area contributed by atoms with Crippen LogP contribution >= 0.6 is 22.6 Å². The lowest BCUT2D eigenvalue weighted by Crippen LogP contribution is -2.11. The van der Waals surface area contributed by atoms with Crippen LogP contribution in [0.1, 0.15) is 24.6 Å². The van der Waals surface area contributed by atoms with Gasteiger partial charge in [-0.3, -0.25) is 14.9 Å². The first kappa shape index (κ1) is 15.7. The molecule has 0 atom stereocenters. The number of ether oxygens (including phenoxy) is 1. The molecule has 6 nitrogen and oxygen atoms in total. The van der Waals surface area contributed by atoms with Crippen LogP contribution in [0.25, 0.3) is 0 Å². The number of halogens is 3. The Morgan fingerprint density at radius 1 is 1.63 bits per heavy atom. The molecular weight excluding hydrogens is 377 g/mol. The Morgan fingerprint density at radius 2 is 2.26 bits per heavy atom. The largest absolute Gasteiger partial charge is 0.466 e. The molecule has 0 aliphatic rings. The molecule has 104 valence electrons. The number of alkyl halides is 2. The maximum absolute atomic E-state index is 12.6. The van der Waals surface area contributed by atoms with Crippen molar-refractivity contribution in [2.75, 3.05) is 6.61 Å². The number of carbonyl (C=O) groups is 1. The van der Waals surface area contributed by atoms with E-state index < -0.39 is 28.7 Å². The zero-order valence-electron chi connectivity index (χ0n) is 9.73. The molecule has 1 rings (SSSR count). The molecule has 0 saturated heterocycles. The van der Waals surface area contributed by atoms with Crippen LogP contribution in [-0.4, -0.2) is 22.5 Å². The van der Waals surface area contributed by atoms with Gasteiger partial charge in [-0.25, -0.2) is 13.8 Å². The summed E-state index contributed by atoms with van der Waals surface area (Å²) in [7, 11) is 0. The molecule has 0 radical (unpaired) electrons. The van der Waals surface area contributed by atoms with E-state index in [0.717, 1.165) is 6.20 Å². The summed E-state index contributed by atoms with van der Waals surface area (Å²) in [4.78, 5) is 24.6. The van der Waals surface area contributed by atoms with Crippen molar-refractivity contribution < 1.29 is 23.2 Å². The lowest BCUT2D eigenvalue weighted by molar-refractivity contribution is -0.387. The molecule has 0 aliphatic carbocycles. The topological polar surface area (TPSA) is 82.3 Å². The van der Waals surface area contributed by atoms with E-state index in [-0.39, 0.29) is 22.2 Å². The molecule has 9 heteroatoms. The van der Waals surface area contributed by atoms with Gasteiger partial charge in [0.25, 0.3) is 6.43 Å². The van der Waals surface area contributed by atoms with Gasteiger partial charge < -0.3 is 4.74 Å². The van der Waals surface area contributed by atoms with Crippen LogP contribution in [0.5, 0.6) is 0 Å². The predicted molar refractivity (Wildman–Crippen MR) is 68.9 cm³/mol. The first-order valence-electron chi connectivity index (χ1n) is 5.13. The number of nitrogens with zero attached hydrogens (tertiary/aromatic N) is 2. The second kappa shape index (κ2) is 6.68. The SMILES string of the molecule is CCOC(=O)Cc1cnc(C(F)F)c([N+](=O)[O-])c1I. The predicted octanol–water partition coefficient (Wildman–Crippen LogP) is 2.64. The number of pyridine rings is 1. The zero-order valence-corrected chi connectivity index (χ0v) is 11.9. The van der Waals surface area contributed by atoms with E-state index in [9.17, 15) is 23.7 Å². The molecular formula is C10H9F2IN2O4. The summed E-state index contributed by atoms with van der Waals surface area (Å²) in [5.41, 5.74) is -1.48. The summed E-state index contributed by atoms with van der Waals surface area (Å²) < 4.78 is 29.9. The molecule has 19 heavy (non-hydrogen) atoms. The fraction of sp³-hybridized carbons (Fsp3) is 0.400. The Balaban J connectivity index is 3.20. The van der Waals surface area contributed by atoms with Crippen molar-refractivity contribution in [3.63, 3.8) is 0 Å². The monoisotopic (exact) mass is 386 g/mol. The van der Waals surface area contributed by atoms with Crippen LogP contribution in [0.3, 0.4) is 0 Å². The molecule has 0 N–H and O–H groups in total. The highest BCUT2D eigenvalue weighted by molar-refractivity contribution is 14.1. The van der Waals surface area contributed by atoms with E-state index in [0.29, 0.717) is 0 Å². The average Bonchev–Trinajstić information content (AvgIpc) is 2.30. The smallest absolute Gasteiger partial charge is 0.310 e. The van der Waals surface area contributed by atoms with E-state index in [2.05, 4.69) is 4.98 Å². The minimum atomic E-state index is -3.05. The minimum absolute atomic E-state index is 0.0269. The third-order valence-corrected chi connectivity index (χ3v) is 3.33. The number of hydrogen-bond donors (Lipinski definition) is 0. The van der Waals surface area contributed by atoms with E-state index >= 15 is 0 Å². The van der Waals surface area contributed by atoms with Crippen molar-refractivity contribution in [3.05, 3.63) is 31.1 Å². The maximum Gasteiger partial charge on any atom is 0.310 e. The third-order valence-electron chi connectivity index (χ3n) is 2.12. The molecule has 1 aromatic heterocycles. The van der Waals surface area contributed by atoms with Gasteiger partial charge in [0, 0.05) is 11.8 Å². The molecule has 0 unspecified atom stereocenters. The van der Waals surface area contributed by atoms with Crippen molar-refractivity contribution in [2.24, 2.45) is 0 Å². The van der Waals surface area contributed by atoms with E-state index in [1.54, 1.807) is 29.5 Å². The van der Waals surface area contributed by atoms with E-state index in [1.807, 2.05) is 0 Å². The number of rotatable bonds is 5. The fourth-order valence-electron chi connectivity index (χ4n) is 1.35. The number of esters is 1. The summed E-state index contributed by atoms with van der Waals surface area (Å²) in [6, 6.07) is 0. The van der Waals surface area contributed by atoms with Gasteiger partial charge in [0.15, 0.2) is 5.69 Å². The molecule has 0 aliphatic heterocycles. The number of nitro groups is 1. The maximum atomic E-state index is 12.6. The van der Waals surface area contributed by atoms with Gasteiger partial charge in [-0.2, -0.15) is 0 Å². The Morgan fingerprint density at radius 3 is 2.74 bits per heavy atom. The molecule has 0 bridgehead atoms.